The summed E-state index contributed by atoms with van der Waals surface area (Å²) in [4.78, 5) is 6.56. The molecule has 0 atom stereocenters. The van der Waals surface area contributed by atoms with Crippen LogP contribution in [0, 0.1) is 0 Å². The van der Waals surface area contributed by atoms with E-state index in [0.717, 1.165) is 18.5 Å². The zero-order valence-corrected chi connectivity index (χ0v) is 11.6. The van der Waals surface area contributed by atoms with Crippen molar-refractivity contribution in [3.8, 4) is 0 Å². The van der Waals surface area contributed by atoms with E-state index in [0.29, 0.717) is 0 Å². The number of hydrogen-bond acceptors (Lipinski definition) is 2. The Morgan fingerprint density at radius 1 is 0.947 bits per heavy atom. The van der Waals surface area contributed by atoms with Gasteiger partial charge in [0.05, 0.1) is 5.69 Å². The first-order chi connectivity index (χ1) is 9.25. The fourth-order valence-electron chi connectivity index (χ4n) is 1.88. The molecule has 0 N–H and O–H groups in total. The van der Waals surface area contributed by atoms with Gasteiger partial charge in [0.2, 0.25) is 0 Å². The quantitative estimate of drug-likeness (QED) is 0.732. The van der Waals surface area contributed by atoms with E-state index in [-0.39, 0.29) is 0 Å². The molecule has 2 aromatic carbocycles. The van der Waals surface area contributed by atoms with Crippen LogP contribution in [0.5, 0.6) is 0 Å². The predicted octanol–water partition coefficient (Wildman–Crippen LogP) is 4.09. The molecule has 0 heterocycles. The minimum Gasteiger partial charge on any atom is -0.378 e. The molecule has 0 unspecified atom stereocenters. The Balaban J connectivity index is 1.85. The van der Waals surface area contributed by atoms with Crippen molar-refractivity contribution in [3.05, 3.63) is 60.2 Å². The van der Waals surface area contributed by atoms with Crippen LogP contribution in [0.4, 0.5) is 11.4 Å². The van der Waals surface area contributed by atoms with E-state index < -0.39 is 0 Å². The molecule has 2 nitrogen and oxygen atoms in total. The fourth-order valence-corrected chi connectivity index (χ4v) is 1.88. The number of aliphatic imine (C=N–C) groups is 1. The highest BCUT2D eigenvalue weighted by Gasteiger charge is 1.94. The molecule has 2 rings (SSSR count). The number of nitrogens with zero attached hydrogens (tertiary/aromatic N) is 2. The van der Waals surface area contributed by atoms with Gasteiger partial charge in [0.15, 0.2) is 0 Å². The third-order valence-electron chi connectivity index (χ3n) is 3.01. The molecule has 2 heteroatoms. The van der Waals surface area contributed by atoms with Gasteiger partial charge in [-0.1, -0.05) is 30.3 Å². The maximum absolute atomic E-state index is 4.48. The topological polar surface area (TPSA) is 15.6 Å². The Hall–Kier alpha value is -2.09. The third kappa shape index (κ3) is 4.25. The van der Waals surface area contributed by atoms with Gasteiger partial charge in [0, 0.05) is 26.0 Å². The van der Waals surface area contributed by atoms with Crippen LogP contribution in [0.2, 0.25) is 0 Å². The Kier molecular flexibility index (Phi) is 4.73. The van der Waals surface area contributed by atoms with Crippen LogP contribution in [0.3, 0.4) is 0 Å². The smallest absolute Gasteiger partial charge is 0.0627 e. The van der Waals surface area contributed by atoms with E-state index in [1.165, 1.54) is 11.3 Å². The van der Waals surface area contributed by atoms with Crippen LogP contribution in [0.1, 0.15) is 12.0 Å². The average Bonchev–Trinajstić information content (AvgIpc) is 2.45. The zero-order valence-electron chi connectivity index (χ0n) is 11.6. The lowest BCUT2D eigenvalue weighted by atomic mass is 10.1. The lowest BCUT2D eigenvalue weighted by Gasteiger charge is -2.11. The normalized spacial score (nSPS) is 10.8. The van der Waals surface area contributed by atoms with Crippen LogP contribution in [-0.2, 0) is 6.42 Å². The molecule has 0 amide bonds. The molecule has 2 aromatic rings. The van der Waals surface area contributed by atoms with Gasteiger partial charge in [-0.3, -0.25) is 4.99 Å². The minimum absolute atomic E-state index is 0.972. The molecule has 0 radical (unpaired) electrons. The van der Waals surface area contributed by atoms with Crippen molar-refractivity contribution in [2.45, 2.75) is 12.8 Å². The van der Waals surface area contributed by atoms with E-state index in [9.17, 15) is 0 Å². The predicted molar refractivity (Wildman–Crippen MR) is 83.7 cm³/mol. The van der Waals surface area contributed by atoms with Crippen LogP contribution in [0.15, 0.2) is 59.6 Å². The van der Waals surface area contributed by atoms with Crippen LogP contribution in [0.25, 0.3) is 0 Å². The van der Waals surface area contributed by atoms with Gasteiger partial charge in [-0.2, -0.15) is 0 Å². The molecule has 0 aliphatic rings. The Labute approximate surface area is 115 Å². The van der Waals surface area contributed by atoms with E-state index in [2.05, 4.69) is 46.3 Å². The van der Waals surface area contributed by atoms with Crippen LogP contribution >= 0.6 is 0 Å². The average molecular weight is 252 g/mol. The molecular formula is C17H20N2. The largest absolute Gasteiger partial charge is 0.378 e. The summed E-state index contributed by atoms with van der Waals surface area (Å²) in [7, 11) is 4.08. The molecule has 19 heavy (non-hydrogen) atoms. The van der Waals surface area contributed by atoms with Crippen molar-refractivity contribution in [3.63, 3.8) is 0 Å². The summed E-state index contributed by atoms with van der Waals surface area (Å²) in [5.74, 6) is 0. The van der Waals surface area contributed by atoms with E-state index in [4.69, 9.17) is 0 Å². The van der Waals surface area contributed by atoms with Crippen LogP contribution < -0.4 is 4.90 Å². The maximum Gasteiger partial charge on any atom is 0.0627 e. The summed E-state index contributed by atoms with van der Waals surface area (Å²) >= 11 is 0. The van der Waals surface area contributed by atoms with Crippen molar-refractivity contribution >= 4 is 17.6 Å². The van der Waals surface area contributed by atoms with Crippen molar-refractivity contribution in [2.24, 2.45) is 4.99 Å². The number of hydrogen-bond donors (Lipinski definition) is 0. The molecule has 0 aromatic heterocycles. The monoisotopic (exact) mass is 252 g/mol. The van der Waals surface area contributed by atoms with Crippen molar-refractivity contribution in [2.75, 3.05) is 19.0 Å². The SMILES string of the molecule is CN(C)c1ccc(N=CCCc2ccccc2)cc1. The van der Waals surface area contributed by atoms with E-state index in [1.54, 1.807) is 0 Å². The van der Waals surface area contributed by atoms with Crippen molar-refractivity contribution < 1.29 is 0 Å². The van der Waals surface area contributed by atoms with Gasteiger partial charge in [-0.25, -0.2) is 0 Å². The second-order valence-corrected chi connectivity index (χ2v) is 4.75. The zero-order chi connectivity index (χ0) is 13.5. The number of anilines is 1. The molecule has 0 aliphatic heterocycles. The Morgan fingerprint density at radius 3 is 2.26 bits per heavy atom. The Morgan fingerprint density at radius 2 is 1.63 bits per heavy atom. The summed E-state index contributed by atoms with van der Waals surface area (Å²) in [6, 6.07) is 18.8. The first-order valence-corrected chi connectivity index (χ1v) is 6.59. The van der Waals surface area contributed by atoms with Gasteiger partial charge in [-0.15, -0.1) is 0 Å². The summed E-state index contributed by atoms with van der Waals surface area (Å²) in [6.45, 7) is 0. The highest BCUT2D eigenvalue weighted by atomic mass is 15.1. The van der Waals surface area contributed by atoms with E-state index >= 15 is 0 Å². The molecular weight excluding hydrogens is 232 g/mol. The summed E-state index contributed by atoms with van der Waals surface area (Å²) < 4.78 is 0. The van der Waals surface area contributed by atoms with Gasteiger partial charge in [0.25, 0.3) is 0 Å². The molecule has 0 aliphatic carbocycles. The standard InChI is InChI=1S/C17H20N2/c1-19(2)17-12-10-16(11-13-17)18-14-6-9-15-7-4-3-5-8-15/h3-5,7-8,10-14H,6,9H2,1-2H3. The van der Waals surface area contributed by atoms with Gasteiger partial charge >= 0.3 is 0 Å². The summed E-state index contributed by atoms with van der Waals surface area (Å²) in [6.07, 6.45) is 4.01. The van der Waals surface area contributed by atoms with Gasteiger partial charge in [-0.05, 0) is 42.7 Å². The van der Waals surface area contributed by atoms with Crippen molar-refractivity contribution in [1.29, 1.82) is 0 Å². The third-order valence-corrected chi connectivity index (χ3v) is 3.01. The Bertz CT molecular complexity index is 513. The molecule has 0 bridgehead atoms. The molecule has 98 valence electrons. The highest BCUT2D eigenvalue weighted by Crippen LogP contribution is 2.17. The number of aryl methyl sites for hydroxylation is 1. The first kappa shape index (κ1) is 13.3. The molecule has 0 saturated heterocycles. The molecule has 0 fully saturated rings. The fraction of sp³-hybridized carbons (Fsp3) is 0.235. The summed E-state index contributed by atoms with van der Waals surface area (Å²) in [5.41, 5.74) is 3.57. The first-order valence-electron chi connectivity index (χ1n) is 6.59. The number of benzene rings is 2. The van der Waals surface area contributed by atoms with Gasteiger partial charge in [0.1, 0.15) is 0 Å². The summed E-state index contributed by atoms with van der Waals surface area (Å²) in [5, 5.41) is 0. The van der Waals surface area contributed by atoms with Crippen LogP contribution in [-0.4, -0.2) is 20.3 Å². The van der Waals surface area contributed by atoms with Gasteiger partial charge < -0.3 is 4.90 Å². The molecule has 0 saturated carbocycles. The lowest BCUT2D eigenvalue weighted by molar-refractivity contribution is 1.05. The van der Waals surface area contributed by atoms with E-state index in [1.807, 2.05) is 38.5 Å². The lowest BCUT2D eigenvalue weighted by Crippen LogP contribution is -2.07. The maximum atomic E-state index is 4.48. The second kappa shape index (κ2) is 6.74. The van der Waals surface area contributed by atoms with Crippen molar-refractivity contribution in [1.82, 2.24) is 0 Å². The number of rotatable bonds is 5. The highest BCUT2D eigenvalue weighted by molar-refractivity contribution is 5.64. The second-order valence-electron chi connectivity index (χ2n) is 4.75. The minimum atomic E-state index is 0.972. The molecule has 0 spiro atoms.